The van der Waals surface area contributed by atoms with Crippen molar-refractivity contribution in [2.45, 2.75) is 24.9 Å². The molecule has 1 aromatic rings. The standard InChI is InChI=1S/C15H20FN3O/c16-12-3-1-11(2-4-12)14(9-17)18-7-8-19-13(10-18)5-6-15(19)20/h1-4,13-14H,5-10,17H2. The Morgan fingerprint density at radius 3 is 2.75 bits per heavy atom. The minimum absolute atomic E-state index is 0.105. The lowest BCUT2D eigenvalue weighted by Gasteiger charge is -2.41. The largest absolute Gasteiger partial charge is 0.337 e. The predicted octanol–water partition coefficient (Wildman–Crippen LogP) is 1.13. The van der Waals surface area contributed by atoms with Gasteiger partial charge in [-0.3, -0.25) is 9.69 Å². The third kappa shape index (κ3) is 2.43. The maximum absolute atomic E-state index is 13.0. The molecule has 2 aliphatic heterocycles. The van der Waals surface area contributed by atoms with Crippen molar-refractivity contribution in [1.29, 1.82) is 0 Å². The van der Waals surface area contributed by atoms with Crippen LogP contribution in [0.4, 0.5) is 4.39 Å². The Hall–Kier alpha value is -1.46. The Labute approximate surface area is 118 Å². The van der Waals surface area contributed by atoms with Gasteiger partial charge in [0.25, 0.3) is 0 Å². The van der Waals surface area contributed by atoms with Gasteiger partial charge in [-0.15, -0.1) is 0 Å². The lowest BCUT2D eigenvalue weighted by Crippen LogP contribution is -2.53. The van der Waals surface area contributed by atoms with E-state index in [1.165, 1.54) is 12.1 Å². The molecule has 2 heterocycles. The number of fused-ring (bicyclic) bond motifs is 1. The second kappa shape index (κ2) is 5.50. The zero-order valence-corrected chi connectivity index (χ0v) is 11.5. The Kier molecular flexibility index (Phi) is 3.72. The average molecular weight is 277 g/mol. The predicted molar refractivity (Wildman–Crippen MR) is 74.5 cm³/mol. The Morgan fingerprint density at radius 1 is 1.30 bits per heavy atom. The lowest BCUT2D eigenvalue weighted by molar-refractivity contribution is -0.131. The van der Waals surface area contributed by atoms with Crippen LogP contribution in [0.15, 0.2) is 24.3 Å². The number of carbonyl (C=O) groups is 1. The van der Waals surface area contributed by atoms with Crippen molar-refractivity contribution >= 4 is 5.91 Å². The average Bonchev–Trinajstić information content (AvgIpc) is 2.83. The molecule has 108 valence electrons. The molecule has 2 atom stereocenters. The van der Waals surface area contributed by atoms with E-state index in [1.54, 1.807) is 12.1 Å². The normalized spacial score (nSPS) is 24.8. The van der Waals surface area contributed by atoms with Gasteiger partial charge in [0.1, 0.15) is 5.82 Å². The number of rotatable bonds is 3. The number of nitrogens with two attached hydrogens (primary N) is 1. The third-order valence-electron chi connectivity index (χ3n) is 4.44. The smallest absolute Gasteiger partial charge is 0.222 e. The molecule has 0 bridgehead atoms. The highest BCUT2D eigenvalue weighted by molar-refractivity contribution is 5.78. The van der Waals surface area contributed by atoms with Gasteiger partial charge < -0.3 is 10.6 Å². The summed E-state index contributed by atoms with van der Waals surface area (Å²) >= 11 is 0. The van der Waals surface area contributed by atoms with Crippen LogP contribution in [0.5, 0.6) is 0 Å². The van der Waals surface area contributed by atoms with Crippen LogP contribution < -0.4 is 5.73 Å². The molecule has 2 saturated heterocycles. The zero-order chi connectivity index (χ0) is 14.1. The maximum atomic E-state index is 13.0. The maximum Gasteiger partial charge on any atom is 0.222 e. The van der Waals surface area contributed by atoms with E-state index in [0.717, 1.165) is 31.6 Å². The summed E-state index contributed by atoms with van der Waals surface area (Å²) in [5.41, 5.74) is 6.97. The monoisotopic (exact) mass is 277 g/mol. The topological polar surface area (TPSA) is 49.6 Å². The first kappa shape index (κ1) is 13.5. The molecular weight excluding hydrogens is 257 g/mol. The van der Waals surface area contributed by atoms with Gasteiger partial charge in [-0.05, 0) is 24.1 Å². The molecule has 1 amide bonds. The van der Waals surface area contributed by atoms with E-state index < -0.39 is 0 Å². The first-order chi connectivity index (χ1) is 9.69. The zero-order valence-electron chi connectivity index (χ0n) is 11.5. The minimum atomic E-state index is -0.226. The fourth-order valence-corrected chi connectivity index (χ4v) is 3.35. The number of carbonyl (C=O) groups excluding carboxylic acids is 1. The second-order valence-corrected chi connectivity index (χ2v) is 5.58. The van der Waals surface area contributed by atoms with Gasteiger partial charge in [0.2, 0.25) is 5.91 Å². The Bertz CT molecular complexity index is 490. The quantitative estimate of drug-likeness (QED) is 0.901. The highest BCUT2D eigenvalue weighted by Crippen LogP contribution is 2.28. The van der Waals surface area contributed by atoms with Gasteiger partial charge in [0.05, 0.1) is 0 Å². The molecule has 0 aromatic heterocycles. The number of nitrogens with zero attached hydrogens (tertiary/aromatic N) is 2. The summed E-state index contributed by atoms with van der Waals surface area (Å²) in [7, 11) is 0. The molecule has 4 nitrogen and oxygen atoms in total. The van der Waals surface area contributed by atoms with Crippen molar-refractivity contribution in [3.8, 4) is 0 Å². The molecule has 2 N–H and O–H groups in total. The van der Waals surface area contributed by atoms with E-state index in [-0.39, 0.29) is 17.8 Å². The van der Waals surface area contributed by atoms with Crippen LogP contribution in [0.2, 0.25) is 0 Å². The minimum Gasteiger partial charge on any atom is -0.337 e. The second-order valence-electron chi connectivity index (χ2n) is 5.58. The fourth-order valence-electron chi connectivity index (χ4n) is 3.35. The Balaban J connectivity index is 1.74. The number of hydrogen-bond acceptors (Lipinski definition) is 3. The van der Waals surface area contributed by atoms with Crippen molar-refractivity contribution in [2.75, 3.05) is 26.2 Å². The molecule has 2 unspecified atom stereocenters. The van der Waals surface area contributed by atoms with Crippen molar-refractivity contribution in [2.24, 2.45) is 5.73 Å². The fraction of sp³-hybridized carbons (Fsp3) is 0.533. The molecule has 0 saturated carbocycles. The van der Waals surface area contributed by atoms with Gasteiger partial charge in [-0.1, -0.05) is 12.1 Å². The van der Waals surface area contributed by atoms with Gasteiger partial charge in [-0.25, -0.2) is 4.39 Å². The van der Waals surface area contributed by atoms with Crippen molar-refractivity contribution in [3.05, 3.63) is 35.6 Å². The first-order valence-electron chi connectivity index (χ1n) is 7.18. The van der Waals surface area contributed by atoms with Crippen LogP contribution in [-0.2, 0) is 4.79 Å². The molecule has 1 aromatic carbocycles. The molecule has 3 rings (SSSR count). The van der Waals surface area contributed by atoms with Crippen LogP contribution in [-0.4, -0.2) is 47.9 Å². The van der Waals surface area contributed by atoms with Crippen LogP contribution >= 0.6 is 0 Å². The Morgan fingerprint density at radius 2 is 2.05 bits per heavy atom. The van der Waals surface area contributed by atoms with Gasteiger partial charge in [0, 0.05) is 44.7 Å². The number of amides is 1. The molecule has 20 heavy (non-hydrogen) atoms. The van der Waals surface area contributed by atoms with E-state index in [9.17, 15) is 9.18 Å². The van der Waals surface area contributed by atoms with Gasteiger partial charge in [-0.2, -0.15) is 0 Å². The summed E-state index contributed by atoms with van der Waals surface area (Å²) < 4.78 is 13.0. The van der Waals surface area contributed by atoms with Gasteiger partial charge >= 0.3 is 0 Å². The first-order valence-corrected chi connectivity index (χ1v) is 7.18. The molecule has 0 aliphatic carbocycles. The number of halogens is 1. The van der Waals surface area contributed by atoms with E-state index in [2.05, 4.69) is 4.90 Å². The summed E-state index contributed by atoms with van der Waals surface area (Å²) in [5.74, 6) is 0.0523. The summed E-state index contributed by atoms with van der Waals surface area (Å²) in [6.45, 7) is 2.99. The summed E-state index contributed by atoms with van der Waals surface area (Å²) in [6, 6.07) is 7.00. The van der Waals surface area contributed by atoms with Crippen LogP contribution in [0.1, 0.15) is 24.4 Å². The number of benzene rings is 1. The molecular formula is C15H20FN3O. The number of hydrogen-bond donors (Lipinski definition) is 1. The summed E-state index contributed by atoms with van der Waals surface area (Å²) in [6.07, 6.45) is 1.61. The summed E-state index contributed by atoms with van der Waals surface area (Å²) in [4.78, 5) is 16.0. The molecule has 0 spiro atoms. The molecule has 2 fully saturated rings. The van der Waals surface area contributed by atoms with E-state index in [4.69, 9.17) is 5.73 Å². The van der Waals surface area contributed by atoms with Crippen LogP contribution in [0, 0.1) is 5.82 Å². The van der Waals surface area contributed by atoms with Crippen molar-refractivity contribution in [3.63, 3.8) is 0 Å². The highest BCUT2D eigenvalue weighted by atomic mass is 19.1. The number of piperazine rings is 1. The molecule has 5 heteroatoms. The highest BCUT2D eigenvalue weighted by Gasteiger charge is 2.37. The van der Waals surface area contributed by atoms with Crippen LogP contribution in [0.3, 0.4) is 0 Å². The molecule has 2 aliphatic rings. The van der Waals surface area contributed by atoms with Crippen molar-refractivity contribution in [1.82, 2.24) is 9.80 Å². The lowest BCUT2D eigenvalue weighted by atomic mass is 10.0. The van der Waals surface area contributed by atoms with E-state index >= 15 is 0 Å². The SMILES string of the molecule is NCC(c1ccc(F)cc1)N1CCN2C(=O)CCC2C1. The summed E-state index contributed by atoms with van der Waals surface area (Å²) in [5, 5.41) is 0. The van der Waals surface area contributed by atoms with E-state index in [1.807, 2.05) is 4.90 Å². The van der Waals surface area contributed by atoms with E-state index in [0.29, 0.717) is 19.0 Å². The van der Waals surface area contributed by atoms with Crippen molar-refractivity contribution < 1.29 is 9.18 Å². The van der Waals surface area contributed by atoms with Gasteiger partial charge in [0.15, 0.2) is 0 Å². The molecule has 0 radical (unpaired) electrons. The van der Waals surface area contributed by atoms with Crippen LogP contribution in [0.25, 0.3) is 0 Å². The third-order valence-corrected chi connectivity index (χ3v) is 4.44.